The molecule has 6 heteroatoms. The van der Waals surface area contributed by atoms with E-state index in [0.717, 1.165) is 43.9 Å². The number of methoxy groups -OCH3 is 1. The number of rotatable bonds is 8. The maximum Gasteiger partial charge on any atom is 0.178 e. The van der Waals surface area contributed by atoms with E-state index < -0.39 is 9.84 Å². The van der Waals surface area contributed by atoms with Crippen LogP contribution in [-0.2, 0) is 16.3 Å². The Labute approximate surface area is 168 Å². The van der Waals surface area contributed by atoms with E-state index in [0.29, 0.717) is 17.4 Å². The topological polar surface area (TPSA) is 58.6 Å². The predicted molar refractivity (Wildman–Crippen MR) is 113 cm³/mol. The zero-order chi connectivity index (χ0) is 20.0. The molecule has 1 unspecified atom stereocenters. The summed E-state index contributed by atoms with van der Waals surface area (Å²) in [6.07, 6.45) is 1.34. The molecule has 28 heavy (non-hydrogen) atoms. The molecule has 1 aliphatic rings. The smallest absolute Gasteiger partial charge is 0.178 e. The molecule has 0 amide bonds. The van der Waals surface area contributed by atoms with Gasteiger partial charge in [-0.05, 0) is 54.8 Å². The molecular formula is C22H30N2O3S. The summed E-state index contributed by atoms with van der Waals surface area (Å²) < 4.78 is 30.5. The van der Waals surface area contributed by atoms with E-state index in [1.54, 1.807) is 19.2 Å². The van der Waals surface area contributed by atoms with E-state index in [9.17, 15) is 8.42 Å². The SMILES string of the molecule is CCN1CCNCC1c1ccc(S(=O)(=O)CCCc2ccc(OC)cc2)cc1. The van der Waals surface area contributed by atoms with Crippen LogP contribution in [0.25, 0.3) is 0 Å². The van der Waals surface area contributed by atoms with Crippen LogP contribution in [0, 0.1) is 0 Å². The van der Waals surface area contributed by atoms with Gasteiger partial charge in [0.25, 0.3) is 0 Å². The molecule has 1 heterocycles. The predicted octanol–water partition coefficient (Wildman–Crippen LogP) is 3.07. The number of ether oxygens (including phenoxy) is 1. The number of nitrogens with zero attached hydrogens (tertiary/aromatic N) is 1. The fourth-order valence-electron chi connectivity index (χ4n) is 3.73. The highest BCUT2D eigenvalue weighted by Gasteiger charge is 2.23. The molecule has 0 aliphatic carbocycles. The Morgan fingerprint density at radius 1 is 1.11 bits per heavy atom. The van der Waals surface area contributed by atoms with Gasteiger partial charge in [-0.3, -0.25) is 4.90 Å². The number of aryl methyl sites for hydroxylation is 1. The Bertz CT molecular complexity index is 848. The molecule has 0 spiro atoms. The first-order valence-corrected chi connectivity index (χ1v) is 11.6. The Hall–Kier alpha value is -1.89. The molecule has 2 aromatic rings. The van der Waals surface area contributed by atoms with Crippen molar-refractivity contribution in [3.05, 3.63) is 59.7 Å². The van der Waals surface area contributed by atoms with Crippen LogP contribution in [-0.4, -0.2) is 52.4 Å². The highest BCUT2D eigenvalue weighted by Crippen LogP contribution is 2.24. The van der Waals surface area contributed by atoms with Crippen molar-refractivity contribution < 1.29 is 13.2 Å². The van der Waals surface area contributed by atoms with Gasteiger partial charge in [0.15, 0.2) is 9.84 Å². The van der Waals surface area contributed by atoms with Gasteiger partial charge in [-0.2, -0.15) is 0 Å². The van der Waals surface area contributed by atoms with Gasteiger partial charge in [0, 0.05) is 25.7 Å². The lowest BCUT2D eigenvalue weighted by atomic mass is 10.0. The first kappa shape index (κ1) is 20.8. The second-order valence-electron chi connectivity index (χ2n) is 7.19. The van der Waals surface area contributed by atoms with E-state index in [2.05, 4.69) is 17.1 Å². The average molecular weight is 403 g/mol. The third-order valence-electron chi connectivity index (χ3n) is 5.42. The Balaban J connectivity index is 1.60. The normalized spacial score (nSPS) is 18.1. The fraction of sp³-hybridized carbons (Fsp3) is 0.455. The first-order chi connectivity index (χ1) is 13.5. The van der Waals surface area contributed by atoms with Crippen molar-refractivity contribution >= 4 is 9.84 Å². The van der Waals surface area contributed by atoms with Gasteiger partial charge in [0.05, 0.1) is 17.8 Å². The molecule has 1 atom stereocenters. The van der Waals surface area contributed by atoms with Gasteiger partial charge >= 0.3 is 0 Å². The first-order valence-electron chi connectivity index (χ1n) is 9.94. The van der Waals surface area contributed by atoms with Crippen LogP contribution >= 0.6 is 0 Å². The fourth-order valence-corrected chi connectivity index (χ4v) is 5.04. The van der Waals surface area contributed by atoms with Crippen LogP contribution in [0.3, 0.4) is 0 Å². The molecule has 3 rings (SSSR count). The van der Waals surface area contributed by atoms with Crippen LogP contribution in [0.4, 0.5) is 0 Å². The van der Waals surface area contributed by atoms with Crippen molar-refractivity contribution in [1.29, 1.82) is 0 Å². The summed E-state index contributed by atoms with van der Waals surface area (Å²) in [5, 5.41) is 3.43. The summed E-state index contributed by atoms with van der Waals surface area (Å²) in [6.45, 7) is 6.09. The Kier molecular flexibility index (Phi) is 7.10. The van der Waals surface area contributed by atoms with Gasteiger partial charge in [0.1, 0.15) is 5.75 Å². The maximum atomic E-state index is 12.7. The van der Waals surface area contributed by atoms with Crippen molar-refractivity contribution in [2.24, 2.45) is 0 Å². The van der Waals surface area contributed by atoms with Crippen LogP contribution in [0.5, 0.6) is 5.75 Å². The summed E-state index contributed by atoms with van der Waals surface area (Å²) in [6, 6.07) is 15.6. The second-order valence-corrected chi connectivity index (χ2v) is 9.30. The lowest BCUT2D eigenvalue weighted by molar-refractivity contribution is 0.171. The standard InChI is InChI=1S/C22H30N2O3S/c1-3-24-15-14-23-17-22(24)19-8-12-21(13-9-19)28(25,26)16-4-5-18-6-10-20(27-2)11-7-18/h6-13,22-23H,3-5,14-17H2,1-2H3. The van der Waals surface area contributed by atoms with Gasteiger partial charge in [-0.15, -0.1) is 0 Å². The number of likely N-dealkylation sites (N-methyl/N-ethyl adjacent to an activating group) is 1. The second kappa shape index (κ2) is 9.54. The van der Waals surface area contributed by atoms with Gasteiger partial charge in [-0.1, -0.05) is 31.2 Å². The lowest BCUT2D eigenvalue weighted by Crippen LogP contribution is -2.45. The molecule has 0 aromatic heterocycles. The van der Waals surface area contributed by atoms with Gasteiger partial charge in [-0.25, -0.2) is 8.42 Å². The monoisotopic (exact) mass is 402 g/mol. The summed E-state index contributed by atoms with van der Waals surface area (Å²) in [5.41, 5.74) is 2.29. The molecule has 1 fully saturated rings. The number of hydrogen-bond acceptors (Lipinski definition) is 5. The molecule has 0 bridgehead atoms. The molecule has 5 nitrogen and oxygen atoms in total. The number of benzene rings is 2. The largest absolute Gasteiger partial charge is 0.497 e. The Morgan fingerprint density at radius 3 is 2.46 bits per heavy atom. The van der Waals surface area contributed by atoms with E-state index in [1.807, 2.05) is 36.4 Å². The molecule has 0 saturated carbocycles. The van der Waals surface area contributed by atoms with Crippen molar-refractivity contribution in [2.75, 3.05) is 39.0 Å². The van der Waals surface area contributed by atoms with Crippen LogP contribution in [0.2, 0.25) is 0 Å². The Morgan fingerprint density at radius 2 is 1.82 bits per heavy atom. The minimum absolute atomic E-state index is 0.157. The van der Waals surface area contributed by atoms with Crippen molar-refractivity contribution in [1.82, 2.24) is 10.2 Å². The van der Waals surface area contributed by atoms with Crippen LogP contribution in [0.15, 0.2) is 53.4 Å². The molecular weight excluding hydrogens is 372 g/mol. The molecule has 2 aromatic carbocycles. The maximum absolute atomic E-state index is 12.7. The molecule has 1 N–H and O–H groups in total. The zero-order valence-electron chi connectivity index (χ0n) is 16.7. The summed E-state index contributed by atoms with van der Waals surface area (Å²) in [7, 11) is -1.63. The molecule has 152 valence electrons. The average Bonchev–Trinajstić information content (AvgIpc) is 2.74. The highest BCUT2D eigenvalue weighted by molar-refractivity contribution is 7.91. The van der Waals surface area contributed by atoms with Crippen LogP contribution < -0.4 is 10.1 Å². The highest BCUT2D eigenvalue weighted by atomic mass is 32.2. The number of sulfone groups is 1. The molecule has 1 aliphatic heterocycles. The van der Waals surface area contributed by atoms with Crippen molar-refractivity contribution in [2.45, 2.75) is 30.7 Å². The summed E-state index contributed by atoms with van der Waals surface area (Å²) in [4.78, 5) is 2.84. The third-order valence-corrected chi connectivity index (χ3v) is 7.24. The summed E-state index contributed by atoms with van der Waals surface area (Å²) in [5.74, 6) is 0.969. The molecule has 0 radical (unpaired) electrons. The van der Waals surface area contributed by atoms with Crippen LogP contribution in [0.1, 0.15) is 30.5 Å². The van der Waals surface area contributed by atoms with E-state index in [4.69, 9.17) is 4.74 Å². The van der Waals surface area contributed by atoms with Gasteiger partial charge < -0.3 is 10.1 Å². The number of hydrogen-bond donors (Lipinski definition) is 1. The summed E-state index contributed by atoms with van der Waals surface area (Å²) >= 11 is 0. The third kappa shape index (κ3) is 5.13. The van der Waals surface area contributed by atoms with E-state index in [-0.39, 0.29) is 5.75 Å². The molecule has 1 saturated heterocycles. The lowest BCUT2D eigenvalue weighted by Gasteiger charge is -2.35. The van der Waals surface area contributed by atoms with Crippen molar-refractivity contribution in [3.8, 4) is 5.75 Å². The zero-order valence-corrected chi connectivity index (χ0v) is 17.5. The quantitative estimate of drug-likeness (QED) is 0.735. The number of piperazine rings is 1. The minimum atomic E-state index is -3.26. The van der Waals surface area contributed by atoms with E-state index in [1.165, 1.54) is 5.56 Å². The van der Waals surface area contributed by atoms with E-state index >= 15 is 0 Å². The minimum Gasteiger partial charge on any atom is -0.497 e. The van der Waals surface area contributed by atoms with Crippen molar-refractivity contribution in [3.63, 3.8) is 0 Å². The van der Waals surface area contributed by atoms with Gasteiger partial charge in [0.2, 0.25) is 0 Å². The number of nitrogens with one attached hydrogen (secondary N) is 1.